The minimum Gasteiger partial charge on any atom is -0.477 e. The second-order valence-electron chi connectivity index (χ2n) is 2.59. The van der Waals surface area contributed by atoms with Crippen molar-refractivity contribution in [1.82, 2.24) is 0 Å². The van der Waals surface area contributed by atoms with Gasteiger partial charge < -0.3 is 5.11 Å². The van der Waals surface area contributed by atoms with Crippen LogP contribution >= 0.6 is 0 Å². The summed E-state index contributed by atoms with van der Waals surface area (Å²) < 4.78 is 25.9. The van der Waals surface area contributed by atoms with Crippen LogP contribution in [0, 0.1) is 11.6 Å². The predicted molar refractivity (Wildman–Crippen MR) is 42.7 cm³/mol. The van der Waals surface area contributed by atoms with E-state index >= 15 is 0 Å². The van der Waals surface area contributed by atoms with Crippen LogP contribution in [0.4, 0.5) is 8.78 Å². The molecule has 0 aliphatic rings. The van der Waals surface area contributed by atoms with Crippen LogP contribution in [0.25, 0.3) is 0 Å². The number of hydrogen-bond donors (Lipinski definition) is 1. The van der Waals surface area contributed by atoms with Crippen LogP contribution < -0.4 is 0 Å². The quantitative estimate of drug-likeness (QED) is 0.768. The van der Waals surface area contributed by atoms with Gasteiger partial charge in [0.2, 0.25) is 0 Å². The zero-order valence-electron chi connectivity index (χ0n) is 6.97. The Balaban J connectivity index is 3.31. The molecule has 0 unspecified atom stereocenters. The van der Waals surface area contributed by atoms with E-state index in [0.717, 1.165) is 12.1 Å². The van der Waals surface area contributed by atoms with Gasteiger partial charge in [0.1, 0.15) is 17.2 Å². The molecule has 0 fully saturated rings. The van der Waals surface area contributed by atoms with Gasteiger partial charge in [-0.2, -0.15) is 0 Å². The van der Waals surface area contributed by atoms with Gasteiger partial charge >= 0.3 is 5.97 Å². The molecule has 1 aromatic rings. The summed E-state index contributed by atoms with van der Waals surface area (Å²) >= 11 is 0. The molecular formula is C9H8F2O2. The smallest absolute Gasteiger partial charge is 0.341 e. The minimum absolute atomic E-state index is 0.444. The molecule has 0 spiro atoms. The number of aromatic carboxylic acids is 1. The molecule has 0 aliphatic heterocycles. The Bertz CT molecular complexity index is 324. The Labute approximate surface area is 73.8 Å². The number of carboxylic acid groups (broad SMARTS) is 1. The summed E-state index contributed by atoms with van der Waals surface area (Å²) in [6.07, 6.45) is 0.466. The molecule has 0 amide bonds. The van der Waals surface area contributed by atoms with Crippen molar-refractivity contribution >= 4 is 5.97 Å². The summed E-state index contributed by atoms with van der Waals surface area (Å²) in [5.74, 6) is -3.63. The summed E-state index contributed by atoms with van der Waals surface area (Å²) in [4.78, 5) is 10.4. The van der Waals surface area contributed by atoms with Gasteiger partial charge in [-0.1, -0.05) is 6.92 Å². The van der Waals surface area contributed by atoms with Crippen LogP contribution in [-0.2, 0) is 6.42 Å². The van der Waals surface area contributed by atoms with Crippen LogP contribution in [0.1, 0.15) is 22.8 Å². The molecule has 1 N–H and O–H groups in total. The van der Waals surface area contributed by atoms with Crippen molar-refractivity contribution in [3.63, 3.8) is 0 Å². The van der Waals surface area contributed by atoms with Gasteiger partial charge in [0, 0.05) is 0 Å². The van der Waals surface area contributed by atoms with Crippen LogP contribution in [-0.4, -0.2) is 11.1 Å². The van der Waals surface area contributed by atoms with Gasteiger partial charge in [-0.15, -0.1) is 0 Å². The van der Waals surface area contributed by atoms with Crippen molar-refractivity contribution in [2.75, 3.05) is 0 Å². The minimum atomic E-state index is -1.59. The Morgan fingerprint density at radius 1 is 1.38 bits per heavy atom. The Morgan fingerprint density at radius 2 is 1.85 bits per heavy atom. The summed E-state index contributed by atoms with van der Waals surface area (Å²) in [5, 5.41) is 8.43. The average molecular weight is 186 g/mol. The summed E-state index contributed by atoms with van der Waals surface area (Å²) in [5.41, 5.74) is -0.447. The second kappa shape index (κ2) is 3.51. The fourth-order valence-electron chi connectivity index (χ4n) is 1.03. The predicted octanol–water partition coefficient (Wildman–Crippen LogP) is 2.23. The summed E-state index contributed by atoms with van der Waals surface area (Å²) in [7, 11) is 0. The highest BCUT2D eigenvalue weighted by molar-refractivity contribution is 5.88. The molecule has 0 saturated heterocycles. The van der Waals surface area contributed by atoms with Crippen molar-refractivity contribution in [3.05, 3.63) is 34.9 Å². The Kier molecular flexibility index (Phi) is 2.60. The van der Waals surface area contributed by atoms with E-state index in [0.29, 0.717) is 12.0 Å². The lowest BCUT2D eigenvalue weighted by Crippen LogP contribution is -2.05. The fourth-order valence-corrected chi connectivity index (χ4v) is 1.03. The third-order valence-electron chi connectivity index (χ3n) is 1.72. The number of halogens is 2. The van der Waals surface area contributed by atoms with Gasteiger partial charge in [0.05, 0.1) is 0 Å². The number of hydrogen-bond acceptors (Lipinski definition) is 1. The third kappa shape index (κ3) is 1.83. The molecule has 0 radical (unpaired) electrons. The molecule has 70 valence electrons. The SMILES string of the molecule is CCc1cc(F)c(C(=O)O)c(F)c1. The van der Waals surface area contributed by atoms with Gasteiger partial charge in [0.25, 0.3) is 0 Å². The topological polar surface area (TPSA) is 37.3 Å². The van der Waals surface area contributed by atoms with Crippen molar-refractivity contribution < 1.29 is 18.7 Å². The lowest BCUT2D eigenvalue weighted by molar-refractivity contribution is 0.0686. The lowest BCUT2D eigenvalue weighted by Gasteiger charge is -2.02. The maximum Gasteiger partial charge on any atom is 0.341 e. The molecule has 0 aliphatic carbocycles. The molecule has 0 heterocycles. The van der Waals surface area contributed by atoms with E-state index in [2.05, 4.69) is 0 Å². The monoisotopic (exact) mass is 186 g/mol. The number of benzene rings is 1. The number of rotatable bonds is 2. The lowest BCUT2D eigenvalue weighted by atomic mass is 10.1. The van der Waals surface area contributed by atoms with E-state index in [1.165, 1.54) is 0 Å². The molecular weight excluding hydrogens is 178 g/mol. The third-order valence-corrected chi connectivity index (χ3v) is 1.72. The molecule has 4 heteroatoms. The van der Waals surface area contributed by atoms with Crippen LogP contribution in [0.3, 0.4) is 0 Å². The van der Waals surface area contributed by atoms with Crippen LogP contribution in [0.2, 0.25) is 0 Å². The first-order valence-electron chi connectivity index (χ1n) is 3.77. The molecule has 0 aromatic heterocycles. The maximum absolute atomic E-state index is 12.9. The highest BCUT2D eigenvalue weighted by Crippen LogP contribution is 2.15. The van der Waals surface area contributed by atoms with Gasteiger partial charge in [0.15, 0.2) is 0 Å². The van der Waals surface area contributed by atoms with Crippen molar-refractivity contribution in [2.45, 2.75) is 13.3 Å². The van der Waals surface area contributed by atoms with Gasteiger partial charge in [-0.3, -0.25) is 0 Å². The molecule has 2 nitrogen and oxygen atoms in total. The van der Waals surface area contributed by atoms with Crippen LogP contribution in [0.15, 0.2) is 12.1 Å². The molecule has 13 heavy (non-hydrogen) atoms. The van der Waals surface area contributed by atoms with Crippen molar-refractivity contribution in [3.8, 4) is 0 Å². The second-order valence-corrected chi connectivity index (χ2v) is 2.59. The van der Waals surface area contributed by atoms with Crippen LogP contribution in [0.5, 0.6) is 0 Å². The number of carboxylic acids is 1. The highest BCUT2D eigenvalue weighted by Gasteiger charge is 2.16. The van der Waals surface area contributed by atoms with E-state index in [4.69, 9.17) is 5.11 Å². The Hall–Kier alpha value is -1.45. The first-order valence-corrected chi connectivity index (χ1v) is 3.77. The molecule has 1 rings (SSSR count). The van der Waals surface area contributed by atoms with E-state index < -0.39 is 23.2 Å². The molecule has 0 saturated carbocycles. The molecule has 0 bridgehead atoms. The van der Waals surface area contributed by atoms with E-state index in [-0.39, 0.29) is 0 Å². The zero-order valence-corrected chi connectivity index (χ0v) is 6.97. The largest absolute Gasteiger partial charge is 0.477 e. The molecule has 0 atom stereocenters. The van der Waals surface area contributed by atoms with Crippen molar-refractivity contribution in [1.29, 1.82) is 0 Å². The van der Waals surface area contributed by atoms with E-state index in [1.54, 1.807) is 6.92 Å². The highest BCUT2D eigenvalue weighted by atomic mass is 19.1. The summed E-state index contributed by atoms with van der Waals surface area (Å²) in [6.45, 7) is 1.73. The molecule has 1 aromatic carbocycles. The van der Waals surface area contributed by atoms with E-state index in [1.807, 2.05) is 0 Å². The first kappa shape index (κ1) is 9.64. The van der Waals surface area contributed by atoms with Gasteiger partial charge in [-0.25, -0.2) is 13.6 Å². The standard InChI is InChI=1S/C9H8F2O2/c1-2-5-3-6(10)8(9(12)13)7(11)4-5/h3-4H,2H2,1H3,(H,12,13). The Morgan fingerprint density at radius 3 is 2.15 bits per heavy atom. The fraction of sp³-hybridized carbons (Fsp3) is 0.222. The zero-order chi connectivity index (χ0) is 10.0. The number of aryl methyl sites for hydroxylation is 1. The van der Waals surface area contributed by atoms with Crippen molar-refractivity contribution in [2.24, 2.45) is 0 Å². The maximum atomic E-state index is 12.9. The first-order chi connectivity index (χ1) is 6.06. The van der Waals surface area contributed by atoms with Gasteiger partial charge in [-0.05, 0) is 24.1 Å². The average Bonchev–Trinajstić information content (AvgIpc) is 2.02. The van der Waals surface area contributed by atoms with E-state index in [9.17, 15) is 13.6 Å². The normalized spacial score (nSPS) is 10.1. The summed E-state index contributed by atoms with van der Waals surface area (Å²) in [6, 6.07) is 2.07. The number of carbonyl (C=O) groups is 1.